The maximum absolute atomic E-state index is 12.8. The number of Topliss-reactive ketones (excluding diaryl/α,β-unsaturated/α-hetero) is 1. The van der Waals surface area contributed by atoms with Gasteiger partial charge in [-0.1, -0.05) is 12.1 Å². The Hall–Kier alpha value is -3.81. The summed E-state index contributed by atoms with van der Waals surface area (Å²) in [5.74, 6) is -1.94. The molecule has 0 saturated carbocycles. The third-order valence-corrected chi connectivity index (χ3v) is 6.03. The molecule has 2 unspecified atom stereocenters. The van der Waals surface area contributed by atoms with E-state index in [-0.39, 0.29) is 35.5 Å². The zero-order valence-electron chi connectivity index (χ0n) is 18.4. The van der Waals surface area contributed by atoms with Crippen LogP contribution in [0.25, 0.3) is 0 Å². The van der Waals surface area contributed by atoms with E-state index in [1.165, 1.54) is 13.8 Å². The van der Waals surface area contributed by atoms with Gasteiger partial charge in [-0.3, -0.25) is 24.5 Å². The monoisotopic (exact) mass is 448 g/mol. The Morgan fingerprint density at radius 2 is 1.79 bits per heavy atom. The summed E-state index contributed by atoms with van der Waals surface area (Å²) in [5.41, 5.74) is 3.27. The summed E-state index contributed by atoms with van der Waals surface area (Å²) < 4.78 is 5.37. The van der Waals surface area contributed by atoms with Crippen molar-refractivity contribution in [3.05, 3.63) is 64.7 Å². The number of amides is 3. The predicted molar refractivity (Wildman–Crippen MR) is 119 cm³/mol. The second-order valence-electron chi connectivity index (χ2n) is 8.39. The number of anilines is 1. The fourth-order valence-corrected chi connectivity index (χ4v) is 4.23. The lowest BCUT2D eigenvalue weighted by atomic mass is 9.97. The van der Waals surface area contributed by atoms with Gasteiger partial charge in [0.15, 0.2) is 6.10 Å². The predicted octanol–water partition coefficient (Wildman–Crippen LogP) is 2.23. The molecule has 2 aromatic rings. The molecule has 3 amide bonds. The molecule has 2 heterocycles. The number of hydrogen-bond acceptors (Lipinski definition) is 6. The van der Waals surface area contributed by atoms with Crippen molar-refractivity contribution in [3.63, 3.8) is 0 Å². The fraction of sp³-hybridized carbons (Fsp3) is 0.320. The number of benzene rings is 2. The average Bonchev–Trinajstić information content (AvgIpc) is 3.35. The second kappa shape index (κ2) is 8.97. The number of fused-ring (bicyclic) bond motifs is 1. The summed E-state index contributed by atoms with van der Waals surface area (Å²) in [4.78, 5) is 61.7. The number of nitrogens with one attached hydrogen (secondary N) is 1. The first-order valence-corrected chi connectivity index (χ1v) is 10.8. The molecule has 1 N–H and O–H groups in total. The van der Waals surface area contributed by atoms with E-state index in [4.69, 9.17) is 4.74 Å². The molecule has 1 fully saturated rings. The molecule has 170 valence electrons. The first-order chi connectivity index (χ1) is 15.7. The maximum Gasteiger partial charge on any atom is 0.338 e. The maximum atomic E-state index is 12.8. The van der Waals surface area contributed by atoms with Gasteiger partial charge >= 0.3 is 5.97 Å². The Balaban J connectivity index is 1.37. The Bertz CT molecular complexity index is 1150. The molecule has 0 aliphatic carbocycles. The van der Waals surface area contributed by atoms with Gasteiger partial charge in [0.25, 0.3) is 0 Å². The minimum Gasteiger partial charge on any atom is -0.451 e. The van der Waals surface area contributed by atoms with Crippen LogP contribution in [-0.2, 0) is 32.0 Å². The highest BCUT2D eigenvalue weighted by Gasteiger charge is 2.30. The molecule has 0 bridgehead atoms. The number of ketones is 1. The Morgan fingerprint density at radius 1 is 1.09 bits per heavy atom. The quantitative estimate of drug-likeness (QED) is 0.412. The Kier molecular flexibility index (Phi) is 6.09. The van der Waals surface area contributed by atoms with Crippen LogP contribution in [0.2, 0.25) is 0 Å². The largest absolute Gasteiger partial charge is 0.451 e. The molecule has 8 nitrogen and oxygen atoms in total. The van der Waals surface area contributed by atoms with Crippen LogP contribution in [0, 0.1) is 5.92 Å². The smallest absolute Gasteiger partial charge is 0.338 e. The minimum atomic E-state index is -0.978. The van der Waals surface area contributed by atoms with E-state index in [1.54, 1.807) is 47.4 Å². The molecule has 2 atom stereocenters. The van der Waals surface area contributed by atoms with Crippen LogP contribution in [0.4, 0.5) is 5.69 Å². The molecule has 1 saturated heterocycles. The molecule has 8 heteroatoms. The normalized spacial score (nSPS) is 18.0. The van der Waals surface area contributed by atoms with E-state index < -0.39 is 18.0 Å². The standard InChI is InChI=1S/C25H24N2O6/c1-14(23(30)19-7-8-21-18(12-19)9-10-27(21)15(2)28)33-25(32)17-5-3-16(4-6-17)11-20-13-22(29)26-24(20)31/h3-8,12,14,20H,9-11,13H2,1-2H3,(H,26,29,31). The Morgan fingerprint density at radius 3 is 2.42 bits per heavy atom. The lowest BCUT2D eigenvalue weighted by Gasteiger charge is -2.16. The highest BCUT2D eigenvalue weighted by Crippen LogP contribution is 2.29. The number of esters is 1. The summed E-state index contributed by atoms with van der Waals surface area (Å²) in [5, 5.41) is 2.28. The van der Waals surface area contributed by atoms with E-state index in [9.17, 15) is 24.0 Å². The third-order valence-electron chi connectivity index (χ3n) is 6.03. The molecule has 0 spiro atoms. The topological polar surface area (TPSA) is 110 Å². The number of carbonyl (C=O) groups is 5. The van der Waals surface area contributed by atoms with Crippen molar-refractivity contribution >= 4 is 35.2 Å². The van der Waals surface area contributed by atoms with Gasteiger partial charge < -0.3 is 9.64 Å². The van der Waals surface area contributed by atoms with Gasteiger partial charge in [-0.25, -0.2) is 4.79 Å². The van der Waals surface area contributed by atoms with Crippen LogP contribution in [0.3, 0.4) is 0 Å². The van der Waals surface area contributed by atoms with E-state index >= 15 is 0 Å². The van der Waals surface area contributed by atoms with Crippen LogP contribution in [0.5, 0.6) is 0 Å². The average molecular weight is 448 g/mol. The SMILES string of the molecule is CC(=O)N1CCc2cc(C(=O)C(C)OC(=O)c3ccc(CC4CC(=O)NC4=O)cc3)ccc21. The lowest BCUT2D eigenvalue weighted by Crippen LogP contribution is -2.26. The summed E-state index contributed by atoms with van der Waals surface area (Å²) in [7, 11) is 0. The second-order valence-corrected chi connectivity index (χ2v) is 8.39. The first kappa shape index (κ1) is 22.4. The van der Waals surface area contributed by atoms with Gasteiger partial charge in [0.1, 0.15) is 0 Å². The van der Waals surface area contributed by atoms with Crippen molar-refractivity contribution in [2.24, 2.45) is 5.92 Å². The van der Waals surface area contributed by atoms with Crippen molar-refractivity contribution in [1.29, 1.82) is 0 Å². The zero-order chi connectivity index (χ0) is 23.7. The van der Waals surface area contributed by atoms with Gasteiger partial charge in [-0.15, -0.1) is 0 Å². The summed E-state index contributed by atoms with van der Waals surface area (Å²) in [6.07, 6.45) is 0.264. The highest BCUT2D eigenvalue weighted by molar-refractivity contribution is 6.04. The number of nitrogens with zero attached hydrogens (tertiary/aromatic N) is 1. The zero-order valence-corrected chi connectivity index (χ0v) is 18.4. The Labute approximate surface area is 190 Å². The lowest BCUT2D eigenvalue weighted by molar-refractivity contribution is -0.125. The van der Waals surface area contributed by atoms with Gasteiger partial charge in [0.2, 0.25) is 23.5 Å². The molecule has 33 heavy (non-hydrogen) atoms. The summed E-state index contributed by atoms with van der Waals surface area (Å²) in [6, 6.07) is 11.7. The number of ether oxygens (including phenoxy) is 1. The molecule has 0 aromatic heterocycles. The molecule has 2 aliphatic heterocycles. The van der Waals surface area contributed by atoms with E-state index in [0.29, 0.717) is 24.9 Å². The van der Waals surface area contributed by atoms with Gasteiger partial charge in [-0.2, -0.15) is 0 Å². The van der Waals surface area contributed by atoms with E-state index in [0.717, 1.165) is 16.8 Å². The number of rotatable bonds is 6. The number of hydrogen-bond donors (Lipinski definition) is 1. The highest BCUT2D eigenvalue weighted by atomic mass is 16.5. The van der Waals surface area contributed by atoms with Crippen LogP contribution in [0.15, 0.2) is 42.5 Å². The molecule has 4 rings (SSSR count). The van der Waals surface area contributed by atoms with Crippen LogP contribution < -0.4 is 10.2 Å². The molecule has 0 radical (unpaired) electrons. The van der Waals surface area contributed by atoms with E-state index in [2.05, 4.69) is 5.32 Å². The third kappa shape index (κ3) is 4.69. The summed E-state index contributed by atoms with van der Waals surface area (Å²) >= 11 is 0. The first-order valence-electron chi connectivity index (χ1n) is 10.8. The summed E-state index contributed by atoms with van der Waals surface area (Å²) in [6.45, 7) is 3.62. The molecule has 2 aromatic carbocycles. The number of imide groups is 1. The molecule has 2 aliphatic rings. The van der Waals surface area contributed by atoms with Crippen molar-refractivity contribution in [1.82, 2.24) is 5.32 Å². The van der Waals surface area contributed by atoms with Crippen LogP contribution >= 0.6 is 0 Å². The van der Waals surface area contributed by atoms with Crippen LogP contribution in [0.1, 0.15) is 52.1 Å². The minimum absolute atomic E-state index is 0.0406. The van der Waals surface area contributed by atoms with E-state index in [1.807, 2.05) is 0 Å². The van der Waals surface area contributed by atoms with Gasteiger partial charge in [0, 0.05) is 31.1 Å². The van der Waals surface area contributed by atoms with Crippen LogP contribution in [-0.4, -0.2) is 42.1 Å². The fourth-order valence-electron chi connectivity index (χ4n) is 4.23. The van der Waals surface area contributed by atoms with Crippen molar-refractivity contribution < 1.29 is 28.7 Å². The number of carbonyl (C=O) groups excluding carboxylic acids is 5. The van der Waals surface area contributed by atoms with Crippen molar-refractivity contribution in [3.8, 4) is 0 Å². The molecular weight excluding hydrogens is 424 g/mol. The van der Waals surface area contributed by atoms with Crippen molar-refractivity contribution in [2.75, 3.05) is 11.4 Å². The van der Waals surface area contributed by atoms with Gasteiger partial charge in [0.05, 0.1) is 11.5 Å². The molecular formula is C25H24N2O6. The van der Waals surface area contributed by atoms with Crippen molar-refractivity contribution in [2.45, 2.75) is 39.2 Å². The van der Waals surface area contributed by atoms with Gasteiger partial charge in [-0.05, 0) is 61.2 Å².